The summed E-state index contributed by atoms with van der Waals surface area (Å²) in [6.07, 6.45) is -1.00. The van der Waals surface area contributed by atoms with Gasteiger partial charge in [0.25, 0.3) is 0 Å². The molecule has 5 heteroatoms. The van der Waals surface area contributed by atoms with Gasteiger partial charge in [0.05, 0.1) is 21.3 Å². The molecule has 27 heavy (non-hydrogen) atoms. The molecule has 0 spiro atoms. The number of ether oxygens (including phenoxy) is 1. The molecular formula is C22H15NO3S. The molecule has 4 rings (SSSR count). The fourth-order valence-electron chi connectivity index (χ4n) is 2.81. The lowest BCUT2D eigenvalue weighted by Gasteiger charge is -2.17. The smallest absolute Gasteiger partial charge is 0.339 e. The molecule has 0 aliphatic rings. The van der Waals surface area contributed by atoms with Crippen molar-refractivity contribution in [3.63, 3.8) is 0 Å². The number of hydrogen-bond acceptors (Lipinski definition) is 5. The van der Waals surface area contributed by atoms with Crippen LogP contribution in [0, 0.1) is 0 Å². The molecule has 0 saturated heterocycles. The second-order valence-corrected chi connectivity index (χ2v) is 6.85. The number of fused-ring (bicyclic) bond motifs is 1. The highest BCUT2D eigenvalue weighted by Crippen LogP contribution is 2.25. The minimum Gasteiger partial charge on any atom is -0.445 e. The predicted octanol–water partition coefficient (Wildman–Crippen LogP) is 5.08. The van der Waals surface area contributed by atoms with Gasteiger partial charge in [-0.2, -0.15) is 0 Å². The third-order valence-corrected chi connectivity index (χ3v) is 4.98. The van der Waals surface area contributed by atoms with E-state index in [1.165, 1.54) is 11.3 Å². The van der Waals surface area contributed by atoms with Crippen LogP contribution in [0.4, 0.5) is 0 Å². The lowest BCUT2D eigenvalue weighted by molar-refractivity contribution is 0.0280. The van der Waals surface area contributed by atoms with E-state index in [0.29, 0.717) is 16.7 Å². The van der Waals surface area contributed by atoms with Crippen LogP contribution in [0.5, 0.6) is 0 Å². The van der Waals surface area contributed by atoms with Crippen molar-refractivity contribution in [1.29, 1.82) is 0 Å². The van der Waals surface area contributed by atoms with E-state index in [4.69, 9.17) is 4.74 Å². The molecule has 1 atom stereocenters. The number of esters is 1. The molecule has 0 fully saturated rings. The van der Waals surface area contributed by atoms with Crippen LogP contribution >= 0.6 is 11.3 Å². The number of ketones is 1. The van der Waals surface area contributed by atoms with Crippen LogP contribution in [0.3, 0.4) is 0 Å². The maximum Gasteiger partial charge on any atom is 0.339 e. The molecule has 0 saturated carbocycles. The van der Waals surface area contributed by atoms with E-state index < -0.39 is 12.1 Å². The van der Waals surface area contributed by atoms with E-state index in [0.717, 1.165) is 10.2 Å². The molecule has 0 aliphatic heterocycles. The van der Waals surface area contributed by atoms with E-state index in [-0.39, 0.29) is 5.78 Å². The zero-order valence-electron chi connectivity index (χ0n) is 14.2. The Morgan fingerprint density at radius 1 is 0.852 bits per heavy atom. The normalized spacial score (nSPS) is 11.9. The number of thiazole rings is 1. The monoisotopic (exact) mass is 373 g/mol. The quantitative estimate of drug-likeness (QED) is 0.362. The Kier molecular flexibility index (Phi) is 4.77. The molecule has 4 nitrogen and oxygen atoms in total. The molecule has 0 aliphatic carbocycles. The summed E-state index contributed by atoms with van der Waals surface area (Å²) >= 11 is 1.45. The van der Waals surface area contributed by atoms with Gasteiger partial charge in [-0.25, -0.2) is 9.78 Å². The van der Waals surface area contributed by atoms with Gasteiger partial charge in [0, 0.05) is 11.1 Å². The van der Waals surface area contributed by atoms with Crippen molar-refractivity contribution in [2.45, 2.75) is 6.10 Å². The maximum absolute atomic E-state index is 13.0. The maximum atomic E-state index is 13.0. The summed E-state index contributed by atoms with van der Waals surface area (Å²) in [6.45, 7) is 0. The first-order chi connectivity index (χ1) is 13.2. The van der Waals surface area contributed by atoms with Crippen molar-refractivity contribution in [2.24, 2.45) is 0 Å². The lowest BCUT2D eigenvalue weighted by atomic mass is 10.00. The van der Waals surface area contributed by atoms with Crippen molar-refractivity contribution in [1.82, 2.24) is 4.98 Å². The van der Waals surface area contributed by atoms with Crippen molar-refractivity contribution < 1.29 is 14.3 Å². The molecule has 1 unspecified atom stereocenters. The number of hydrogen-bond donors (Lipinski definition) is 0. The van der Waals surface area contributed by atoms with E-state index in [1.54, 1.807) is 60.1 Å². The zero-order chi connectivity index (χ0) is 18.6. The molecule has 0 radical (unpaired) electrons. The topological polar surface area (TPSA) is 56.3 Å². The van der Waals surface area contributed by atoms with Gasteiger partial charge >= 0.3 is 5.97 Å². The van der Waals surface area contributed by atoms with Gasteiger partial charge in [0.15, 0.2) is 6.10 Å². The number of carbonyl (C=O) groups is 2. The summed E-state index contributed by atoms with van der Waals surface area (Å²) in [4.78, 5) is 29.9. The van der Waals surface area contributed by atoms with Gasteiger partial charge in [0.2, 0.25) is 5.78 Å². The Morgan fingerprint density at radius 2 is 1.56 bits per heavy atom. The SMILES string of the molecule is O=C(OC(C(=O)c1ccccc1)c1ccccc1)c1ccc2ncsc2c1. The number of carbonyl (C=O) groups excluding carboxylic acids is 2. The highest BCUT2D eigenvalue weighted by molar-refractivity contribution is 7.16. The summed E-state index contributed by atoms with van der Waals surface area (Å²) in [6, 6.07) is 23.1. The first-order valence-electron chi connectivity index (χ1n) is 8.41. The molecule has 3 aromatic carbocycles. The van der Waals surface area contributed by atoms with Crippen molar-refractivity contribution >= 4 is 33.3 Å². The van der Waals surface area contributed by atoms with E-state index in [9.17, 15) is 9.59 Å². The van der Waals surface area contributed by atoms with Crippen LogP contribution in [0.1, 0.15) is 32.4 Å². The highest BCUT2D eigenvalue weighted by atomic mass is 32.1. The highest BCUT2D eigenvalue weighted by Gasteiger charge is 2.26. The van der Waals surface area contributed by atoms with Crippen LogP contribution < -0.4 is 0 Å². The van der Waals surface area contributed by atoms with Crippen LogP contribution in [-0.2, 0) is 4.74 Å². The fourth-order valence-corrected chi connectivity index (χ4v) is 3.53. The lowest BCUT2D eigenvalue weighted by Crippen LogP contribution is -2.20. The Balaban J connectivity index is 1.66. The Labute approximate surface area is 160 Å². The number of benzene rings is 3. The summed E-state index contributed by atoms with van der Waals surface area (Å²) in [5.41, 5.74) is 4.09. The van der Waals surface area contributed by atoms with Crippen molar-refractivity contribution in [3.8, 4) is 0 Å². The fraction of sp³-hybridized carbons (Fsp3) is 0.0455. The molecule has 132 valence electrons. The number of Topliss-reactive ketones (excluding diaryl/α,β-unsaturated/α-hetero) is 1. The third-order valence-electron chi connectivity index (χ3n) is 4.19. The Hall–Kier alpha value is -3.31. The molecule has 0 amide bonds. The van der Waals surface area contributed by atoms with E-state index >= 15 is 0 Å². The second-order valence-electron chi connectivity index (χ2n) is 5.96. The first-order valence-corrected chi connectivity index (χ1v) is 9.29. The van der Waals surface area contributed by atoms with Crippen LogP contribution in [0.15, 0.2) is 84.4 Å². The molecule has 1 heterocycles. The standard InChI is InChI=1S/C22H15NO3S/c24-20(15-7-3-1-4-8-15)21(16-9-5-2-6-10-16)26-22(25)17-11-12-18-19(13-17)27-14-23-18/h1-14,21H. The average molecular weight is 373 g/mol. The Morgan fingerprint density at radius 3 is 2.30 bits per heavy atom. The third kappa shape index (κ3) is 3.64. The predicted molar refractivity (Wildman–Crippen MR) is 105 cm³/mol. The largest absolute Gasteiger partial charge is 0.445 e. The van der Waals surface area contributed by atoms with Crippen molar-refractivity contribution in [3.05, 3.63) is 101 Å². The zero-order valence-corrected chi connectivity index (χ0v) is 15.1. The first kappa shape index (κ1) is 17.1. The van der Waals surface area contributed by atoms with Crippen LogP contribution in [-0.4, -0.2) is 16.7 Å². The van der Waals surface area contributed by atoms with Gasteiger partial charge in [0.1, 0.15) is 0 Å². The minimum absolute atomic E-state index is 0.256. The molecule has 4 aromatic rings. The molecule has 1 aromatic heterocycles. The van der Waals surface area contributed by atoms with Crippen LogP contribution in [0.2, 0.25) is 0 Å². The van der Waals surface area contributed by atoms with Crippen molar-refractivity contribution in [2.75, 3.05) is 0 Å². The average Bonchev–Trinajstić information content (AvgIpc) is 3.20. The number of rotatable bonds is 5. The summed E-state index contributed by atoms with van der Waals surface area (Å²) < 4.78 is 6.56. The van der Waals surface area contributed by atoms with Gasteiger partial charge < -0.3 is 4.74 Å². The summed E-state index contributed by atoms with van der Waals surface area (Å²) in [5, 5.41) is 0. The minimum atomic E-state index is -1.00. The number of aromatic nitrogens is 1. The van der Waals surface area contributed by atoms with Gasteiger partial charge in [-0.15, -0.1) is 11.3 Å². The molecule has 0 N–H and O–H groups in total. The summed E-state index contributed by atoms with van der Waals surface area (Å²) in [7, 11) is 0. The molecule has 0 bridgehead atoms. The molecular weight excluding hydrogens is 358 g/mol. The van der Waals surface area contributed by atoms with E-state index in [1.807, 2.05) is 24.3 Å². The Bertz CT molecular complexity index is 1090. The van der Waals surface area contributed by atoms with E-state index in [2.05, 4.69) is 4.98 Å². The second kappa shape index (κ2) is 7.51. The van der Waals surface area contributed by atoms with Gasteiger partial charge in [-0.05, 0) is 18.2 Å². The van der Waals surface area contributed by atoms with Gasteiger partial charge in [-0.3, -0.25) is 4.79 Å². The van der Waals surface area contributed by atoms with Crippen LogP contribution in [0.25, 0.3) is 10.2 Å². The van der Waals surface area contributed by atoms with Gasteiger partial charge in [-0.1, -0.05) is 60.7 Å². The summed E-state index contributed by atoms with van der Waals surface area (Å²) in [5.74, 6) is -0.794. The number of nitrogens with zero attached hydrogens (tertiary/aromatic N) is 1.